The molecule has 0 heterocycles. The van der Waals surface area contributed by atoms with Crippen molar-refractivity contribution in [3.8, 4) is 0 Å². The molecule has 0 saturated heterocycles. The molecule has 3 nitrogen and oxygen atoms in total. The summed E-state index contributed by atoms with van der Waals surface area (Å²) in [5.74, 6) is 0. The van der Waals surface area contributed by atoms with Crippen molar-refractivity contribution in [3.05, 3.63) is 29.8 Å². The largest absolute Gasteiger partial charge is 0.399 e. The summed E-state index contributed by atoms with van der Waals surface area (Å²) < 4.78 is 11.1. The van der Waals surface area contributed by atoms with Crippen LogP contribution in [0.25, 0.3) is 0 Å². The number of anilines is 1. The van der Waals surface area contributed by atoms with Crippen molar-refractivity contribution in [2.75, 3.05) is 18.9 Å². The monoisotopic (exact) mass is 223 g/mol. The fourth-order valence-corrected chi connectivity index (χ4v) is 1.56. The first-order valence-corrected chi connectivity index (χ1v) is 5.72. The van der Waals surface area contributed by atoms with E-state index >= 15 is 0 Å². The molecule has 2 N–H and O–H groups in total. The van der Waals surface area contributed by atoms with Gasteiger partial charge < -0.3 is 15.2 Å². The van der Waals surface area contributed by atoms with E-state index in [1.165, 1.54) is 0 Å². The zero-order chi connectivity index (χ0) is 12.0. The van der Waals surface area contributed by atoms with Crippen LogP contribution in [0.5, 0.6) is 0 Å². The first-order valence-electron chi connectivity index (χ1n) is 5.72. The molecule has 0 amide bonds. The van der Waals surface area contributed by atoms with Gasteiger partial charge in [0.1, 0.15) is 0 Å². The standard InChI is InChI=1S/C13H21NO2/c1-4-15-9-10(2)16-11(3)12-6-5-7-13(14)8-12/h5-8,10-11H,4,9,14H2,1-3H3. The third kappa shape index (κ3) is 4.21. The highest BCUT2D eigenvalue weighted by atomic mass is 16.5. The van der Waals surface area contributed by atoms with Crippen LogP contribution in [0.1, 0.15) is 32.4 Å². The van der Waals surface area contributed by atoms with Crippen molar-refractivity contribution < 1.29 is 9.47 Å². The van der Waals surface area contributed by atoms with Crippen molar-refractivity contribution >= 4 is 5.69 Å². The molecule has 1 aromatic carbocycles. The molecule has 1 rings (SSSR count). The van der Waals surface area contributed by atoms with Gasteiger partial charge in [-0.05, 0) is 38.5 Å². The van der Waals surface area contributed by atoms with Crippen LogP contribution in [0.15, 0.2) is 24.3 Å². The van der Waals surface area contributed by atoms with Crippen LogP contribution in [0.3, 0.4) is 0 Å². The SMILES string of the molecule is CCOCC(C)OC(C)c1cccc(N)c1. The van der Waals surface area contributed by atoms with Crippen LogP contribution in [-0.2, 0) is 9.47 Å². The lowest BCUT2D eigenvalue weighted by Crippen LogP contribution is -2.18. The minimum Gasteiger partial charge on any atom is -0.399 e. The number of benzene rings is 1. The Morgan fingerprint density at radius 2 is 2.06 bits per heavy atom. The van der Waals surface area contributed by atoms with Crippen LogP contribution in [0, 0.1) is 0 Å². The quantitative estimate of drug-likeness (QED) is 0.754. The molecule has 0 aliphatic heterocycles. The Morgan fingerprint density at radius 3 is 2.69 bits per heavy atom. The summed E-state index contributed by atoms with van der Waals surface area (Å²) in [7, 11) is 0. The van der Waals surface area contributed by atoms with Crippen LogP contribution in [0.4, 0.5) is 5.69 Å². The van der Waals surface area contributed by atoms with Gasteiger partial charge in [-0.1, -0.05) is 12.1 Å². The predicted octanol–water partition coefficient (Wildman–Crippen LogP) is 2.77. The first-order chi connectivity index (χ1) is 7.63. The Balaban J connectivity index is 2.48. The van der Waals surface area contributed by atoms with E-state index in [4.69, 9.17) is 15.2 Å². The molecular weight excluding hydrogens is 202 g/mol. The number of nitrogen functional groups attached to an aromatic ring is 1. The smallest absolute Gasteiger partial charge is 0.0802 e. The summed E-state index contributed by atoms with van der Waals surface area (Å²) in [5, 5.41) is 0. The van der Waals surface area contributed by atoms with Gasteiger partial charge in [0.15, 0.2) is 0 Å². The highest BCUT2D eigenvalue weighted by Crippen LogP contribution is 2.20. The van der Waals surface area contributed by atoms with Gasteiger partial charge in [0.2, 0.25) is 0 Å². The van der Waals surface area contributed by atoms with E-state index in [1.807, 2.05) is 45.0 Å². The van der Waals surface area contributed by atoms with Gasteiger partial charge in [0.05, 0.1) is 18.8 Å². The highest BCUT2D eigenvalue weighted by Gasteiger charge is 2.10. The molecular formula is C13H21NO2. The molecule has 90 valence electrons. The van der Waals surface area contributed by atoms with Crippen LogP contribution in [0.2, 0.25) is 0 Å². The number of rotatable bonds is 6. The van der Waals surface area contributed by atoms with Gasteiger partial charge >= 0.3 is 0 Å². The van der Waals surface area contributed by atoms with E-state index in [2.05, 4.69) is 0 Å². The van der Waals surface area contributed by atoms with Gasteiger partial charge in [-0.2, -0.15) is 0 Å². The maximum atomic E-state index is 5.81. The third-order valence-corrected chi connectivity index (χ3v) is 2.37. The van der Waals surface area contributed by atoms with E-state index in [-0.39, 0.29) is 12.2 Å². The molecule has 0 aromatic heterocycles. The lowest BCUT2D eigenvalue weighted by atomic mass is 10.1. The maximum Gasteiger partial charge on any atom is 0.0802 e. The lowest BCUT2D eigenvalue weighted by molar-refractivity contribution is -0.0406. The Hall–Kier alpha value is -1.06. The molecule has 0 aliphatic carbocycles. The molecule has 1 aromatic rings. The van der Waals surface area contributed by atoms with Crippen LogP contribution in [-0.4, -0.2) is 19.3 Å². The van der Waals surface area contributed by atoms with E-state index in [9.17, 15) is 0 Å². The Bertz CT molecular complexity index is 315. The second-order valence-corrected chi connectivity index (χ2v) is 3.92. The lowest BCUT2D eigenvalue weighted by Gasteiger charge is -2.19. The van der Waals surface area contributed by atoms with Crippen molar-refractivity contribution in [3.63, 3.8) is 0 Å². The fraction of sp³-hybridized carbons (Fsp3) is 0.538. The highest BCUT2D eigenvalue weighted by molar-refractivity contribution is 5.41. The van der Waals surface area contributed by atoms with Gasteiger partial charge in [0, 0.05) is 12.3 Å². The second kappa shape index (κ2) is 6.51. The minimum atomic E-state index is 0.0407. The van der Waals surface area contributed by atoms with Crippen molar-refractivity contribution in [1.82, 2.24) is 0 Å². The van der Waals surface area contributed by atoms with Crippen LogP contribution >= 0.6 is 0 Å². The number of ether oxygens (including phenoxy) is 2. The molecule has 0 bridgehead atoms. The summed E-state index contributed by atoms with van der Waals surface area (Å²) in [6.45, 7) is 7.37. The molecule has 16 heavy (non-hydrogen) atoms. The van der Waals surface area contributed by atoms with Gasteiger partial charge in [0.25, 0.3) is 0 Å². The van der Waals surface area contributed by atoms with Crippen molar-refractivity contribution in [2.24, 2.45) is 0 Å². The van der Waals surface area contributed by atoms with Crippen molar-refractivity contribution in [2.45, 2.75) is 33.0 Å². The van der Waals surface area contributed by atoms with Gasteiger partial charge in [-0.25, -0.2) is 0 Å². The van der Waals surface area contributed by atoms with E-state index in [1.54, 1.807) is 0 Å². The Kier molecular flexibility index (Phi) is 5.29. The topological polar surface area (TPSA) is 44.5 Å². The summed E-state index contributed by atoms with van der Waals surface area (Å²) in [4.78, 5) is 0. The van der Waals surface area contributed by atoms with Crippen molar-refractivity contribution in [1.29, 1.82) is 0 Å². The van der Waals surface area contributed by atoms with Crippen LogP contribution < -0.4 is 5.73 Å². The molecule has 2 unspecified atom stereocenters. The molecule has 3 heteroatoms. The molecule has 0 aliphatic rings. The second-order valence-electron chi connectivity index (χ2n) is 3.92. The summed E-state index contributed by atoms with van der Waals surface area (Å²) in [6.07, 6.45) is 0.135. The van der Waals surface area contributed by atoms with E-state index in [0.29, 0.717) is 6.61 Å². The average Bonchev–Trinajstić information content (AvgIpc) is 2.26. The summed E-state index contributed by atoms with van der Waals surface area (Å²) >= 11 is 0. The predicted molar refractivity (Wildman–Crippen MR) is 66.3 cm³/mol. The Morgan fingerprint density at radius 1 is 1.31 bits per heavy atom. The molecule has 0 radical (unpaired) electrons. The normalized spacial score (nSPS) is 14.7. The zero-order valence-electron chi connectivity index (χ0n) is 10.3. The Labute approximate surface area is 97.6 Å². The number of nitrogens with two attached hydrogens (primary N) is 1. The number of hydrogen-bond acceptors (Lipinski definition) is 3. The van der Waals surface area contributed by atoms with Gasteiger partial charge in [-0.3, -0.25) is 0 Å². The molecule has 0 spiro atoms. The summed E-state index contributed by atoms with van der Waals surface area (Å²) in [5.41, 5.74) is 7.60. The van der Waals surface area contributed by atoms with E-state index < -0.39 is 0 Å². The molecule has 0 saturated carbocycles. The zero-order valence-corrected chi connectivity index (χ0v) is 10.3. The maximum absolute atomic E-state index is 5.81. The third-order valence-electron chi connectivity index (χ3n) is 2.37. The summed E-state index contributed by atoms with van der Waals surface area (Å²) in [6, 6.07) is 7.78. The van der Waals surface area contributed by atoms with Gasteiger partial charge in [-0.15, -0.1) is 0 Å². The fourth-order valence-electron chi connectivity index (χ4n) is 1.56. The minimum absolute atomic E-state index is 0.0407. The van der Waals surface area contributed by atoms with E-state index in [0.717, 1.165) is 17.9 Å². The molecule has 2 atom stereocenters. The first kappa shape index (κ1) is 13.0. The number of hydrogen-bond donors (Lipinski definition) is 1. The molecule has 0 fully saturated rings. The average molecular weight is 223 g/mol.